The van der Waals surface area contributed by atoms with E-state index in [0.717, 1.165) is 6.42 Å². The summed E-state index contributed by atoms with van der Waals surface area (Å²) in [5.41, 5.74) is 4.97. The van der Waals surface area contributed by atoms with Crippen molar-refractivity contribution < 1.29 is 9.18 Å². The lowest BCUT2D eigenvalue weighted by Gasteiger charge is -2.30. The van der Waals surface area contributed by atoms with E-state index in [9.17, 15) is 9.18 Å². The van der Waals surface area contributed by atoms with Gasteiger partial charge < -0.3 is 11.1 Å². The molecule has 0 aliphatic carbocycles. The van der Waals surface area contributed by atoms with E-state index in [1.54, 1.807) is 25.1 Å². The number of hydrogen-bond donors (Lipinski definition) is 2. The van der Waals surface area contributed by atoms with Crippen molar-refractivity contribution in [2.24, 2.45) is 5.73 Å². The highest BCUT2D eigenvalue weighted by Gasteiger charge is 2.30. The Bertz CT molecular complexity index is 395. The van der Waals surface area contributed by atoms with Crippen molar-refractivity contribution in [1.82, 2.24) is 5.32 Å². The van der Waals surface area contributed by atoms with E-state index >= 15 is 0 Å². The van der Waals surface area contributed by atoms with Crippen LogP contribution in [0.4, 0.5) is 4.39 Å². The second-order valence-electron chi connectivity index (χ2n) is 4.38. The van der Waals surface area contributed by atoms with Crippen LogP contribution >= 0.6 is 0 Å². The summed E-state index contributed by atoms with van der Waals surface area (Å²) >= 11 is 0. The Hall–Kier alpha value is -1.42. The molecule has 4 heteroatoms. The second-order valence-corrected chi connectivity index (χ2v) is 4.38. The summed E-state index contributed by atoms with van der Waals surface area (Å²) in [5, 5.41) is 3.19. The Labute approximate surface area is 101 Å². The lowest BCUT2D eigenvalue weighted by Crippen LogP contribution is -2.43. The molecular formula is C13H19FN2O. The van der Waals surface area contributed by atoms with Gasteiger partial charge in [0.25, 0.3) is 0 Å². The highest BCUT2D eigenvalue weighted by atomic mass is 19.1. The number of benzene rings is 1. The number of carbonyl (C=O) groups is 1. The first-order valence-electron chi connectivity index (χ1n) is 5.78. The fraction of sp³-hybridized carbons (Fsp3) is 0.462. The summed E-state index contributed by atoms with van der Waals surface area (Å²) in [7, 11) is 0. The average molecular weight is 238 g/mol. The zero-order valence-corrected chi connectivity index (χ0v) is 10.3. The second kappa shape index (κ2) is 5.77. The molecule has 1 aromatic carbocycles. The molecule has 3 N–H and O–H groups in total. The van der Waals surface area contributed by atoms with Crippen molar-refractivity contribution in [3.8, 4) is 0 Å². The van der Waals surface area contributed by atoms with Gasteiger partial charge in [-0.25, -0.2) is 4.39 Å². The van der Waals surface area contributed by atoms with Crippen molar-refractivity contribution in [3.63, 3.8) is 0 Å². The molecule has 0 saturated carbocycles. The zero-order chi connectivity index (χ0) is 12.9. The number of carbonyl (C=O) groups excluding carboxylic acids is 1. The van der Waals surface area contributed by atoms with Gasteiger partial charge in [0, 0.05) is 12.0 Å². The molecule has 1 amide bonds. The Morgan fingerprint density at radius 2 is 2.12 bits per heavy atom. The van der Waals surface area contributed by atoms with Crippen LogP contribution in [0.2, 0.25) is 0 Å². The minimum atomic E-state index is -0.743. The van der Waals surface area contributed by atoms with Crippen molar-refractivity contribution in [2.75, 3.05) is 6.54 Å². The quantitative estimate of drug-likeness (QED) is 0.795. The number of amides is 1. The van der Waals surface area contributed by atoms with Crippen molar-refractivity contribution in [3.05, 3.63) is 35.6 Å². The van der Waals surface area contributed by atoms with Crippen LogP contribution in [0.1, 0.15) is 32.3 Å². The van der Waals surface area contributed by atoms with Gasteiger partial charge in [-0.05, 0) is 26.0 Å². The molecule has 0 aliphatic heterocycles. The van der Waals surface area contributed by atoms with Gasteiger partial charge in [-0.2, -0.15) is 0 Å². The van der Waals surface area contributed by atoms with Crippen LogP contribution < -0.4 is 11.1 Å². The average Bonchev–Trinajstić information content (AvgIpc) is 2.26. The van der Waals surface area contributed by atoms with Crippen LogP contribution in [0.25, 0.3) is 0 Å². The van der Waals surface area contributed by atoms with Gasteiger partial charge in [0.05, 0.1) is 5.54 Å². The topological polar surface area (TPSA) is 55.1 Å². The third kappa shape index (κ3) is 3.53. The van der Waals surface area contributed by atoms with Crippen LogP contribution in [-0.2, 0) is 10.3 Å². The molecule has 1 aromatic rings. The molecule has 1 unspecified atom stereocenters. The van der Waals surface area contributed by atoms with Gasteiger partial charge >= 0.3 is 0 Å². The van der Waals surface area contributed by atoms with Crippen LogP contribution in [0.5, 0.6) is 0 Å². The maximum Gasteiger partial charge on any atom is 0.219 e. The van der Waals surface area contributed by atoms with E-state index in [4.69, 9.17) is 5.73 Å². The standard InChI is InChI=1S/C13H19FN2O/c1-3-8-16-13(2,9-12(15)17)10-6-4-5-7-11(10)14/h4-7,16H,3,8-9H2,1-2H3,(H2,15,17). The molecule has 3 nitrogen and oxygen atoms in total. The van der Waals surface area contributed by atoms with E-state index in [1.165, 1.54) is 6.07 Å². The number of nitrogens with two attached hydrogens (primary N) is 1. The summed E-state index contributed by atoms with van der Waals surface area (Å²) in [5.74, 6) is -0.765. The molecule has 0 bridgehead atoms. The predicted molar refractivity (Wildman–Crippen MR) is 65.9 cm³/mol. The van der Waals surface area contributed by atoms with Crippen LogP contribution in [0, 0.1) is 5.82 Å². The summed E-state index contributed by atoms with van der Waals surface area (Å²) in [6, 6.07) is 6.46. The van der Waals surface area contributed by atoms with Gasteiger partial charge in [-0.1, -0.05) is 25.1 Å². The molecule has 0 aliphatic rings. The van der Waals surface area contributed by atoms with Gasteiger partial charge in [0.2, 0.25) is 5.91 Å². The largest absolute Gasteiger partial charge is 0.370 e. The Kier molecular flexibility index (Phi) is 4.63. The summed E-state index contributed by atoms with van der Waals surface area (Å²) < 4.78 is 13.8. The molecule has 0 heterocycles. The fourth-order valence-electron chi connectivity index (χ4n) is 1.91. The SMILES string of the molecule is CCCNC(C)(CC(N)=O)c1ccccc1F. The first-order valence-corrected chi connectivity index (χ1v) is 5.78. The highest BCUT2D eigenvalue weighted by Crippen LogP contribution is 2.26. The number of primary amides is 1. The van der Waals surface area contributed by atoms with Gasteiger partial charge in [0.15, 0.2) is 0 Å². The first kappa shape index (κ1) is 13.6. The minimum Gasteiger partial charge on any atom is -0.370 e. The highest BCUT2D eigenvalue weighted by molar-refractivity contribution is 5.75. The molecule has 0 aromatic heterocycles. The van der Waals surface area contributed by atoms with Crippen molar-refractivity contribution in [1.29, 1.82) is 0 Å². The molecule has 1 rings (SSSR count). The molecule has 1 atom stereocenters. The molecule has 94 valence electrons. The lowest BCUT2D eigenvalue weighted by atomic mass is 9.87. The van der Waals surface area contributed by atoms with Crippen LogP contribution in [0.15, 0.2) is 24.3 Å². The molecule has 0 spiro atoms. The van der Waals surface area contributed by atoms with Crippen LogP contribution in [0.3, 0.4) is 0 Å². The van der Waals surface area contributed by atoms with Gasteiger partial charge in [-0.15, -0.1) is 0 Å². The predicted octanol–water partition coefficient (Wildman–Crippen LogP) is 1.92. The maximum atomic E-state index is 13.8. The van der Waals surface area contributed by atoms with E-state index in [2.05, 4.69) is 5.32 Å². The molecule has 0 saturated heterocycles. The van der Waals surface area contributed by atoms with E-state index in [0.29, 0.717) is 12.1 Å². The third-order valence-corrected chi connectivity index (χ3v) is 2.76. The van der Waals surface area contributed by atoms with Gasteiger partial charge in [-0.3, -0.25) is 4.79 Å². The Morgan fingerprint density at radius 3 is 2.65 bits per heavy atom. The molecule has 17 heavy (non-hydrogen) atoms. The number of rotatable bonds is 6. The summed E-state index contributed by atoms with van der Waals surface area (Å²) in [6.45, 7) is 4.52. The van der Waals surface area contributed by atoms with E-state index in [-0.39, 0.29) is 12.2 Å². The summed E-state index contributed by atoms with van der Waals surface area (Å²) in [6.07, 6.45) is 0.983. The number of hydrogen-bond acceptors (Lipinski definition) is 2. The molecule has 0 fully saturated rings. The third-order valence-electron chi connectivity index (χ3n) is 2.76. The summed E-state index contributed by atoms with van der Waals surface area (Å²) in [4.78, 5) is 11.1. The first-order chi connectivity index (χ1) is 7.99. The van der Waals surface area contributed by atoms with Crippen molar-refractivity contribution in [2.45, 2.75) is 32.2 Å². The zero-order valence-electron chi connectivity index (χ0n) is 10.3. The van der Waals surface area contributed by atoms with E-state index < -0.39 is 11.4 Å². The van der Waals surface area contributed by atoms with Crippen LogP contribution in [-0.4, -0.2) is 12.5 Å². The molecular weight excluding hydrogens is 219 g/mol. The smallest absolute Gasteiger partial charge is 0.219 e. The number of nitrogens with one attached hydrogen (secondary N) is 1. The maximum absolute atomic E-state index is 13.8. The normalized spacial score (nSPS) is 14.3. The lowest BCUT2D eigenvalue weighted by molar-refractivity contribution is -0.119. The monoisotopic (exact) mass is 238 g/mol. The molecule has 0 radical (unpaired) electrons. The fourth-order valence-corrected chi connectivity index (χ4v) is 1.91. The Balaban J connectivity index is 3.04. The minimum absolute atomic E-state index is 0.0773. The van der Waals surface area contributed by atoms with Crippen molar-refractivity contribution >= 4 is 5.91 Å². The van der Waals surface area contributed by atoms with Gasteiger partial charge in [0.1, 0.15) is 5.82 Å². The Morgan fingerprint density at radius 1 is 1.47 bits per heavy atom. The number of halogens is 1. The van der Waals surface area contributed by atoms with E-state index in [1.807, 2.05) is 6.92 Å².